The van der Waals surface area contributed by atoms with Gasteiger partial charge in [0, 0.05) is 44.7 Å². The van der Waals surface area contributed by atoms with Crippen molar-refractivity contribution in [2.45, 2.75) is 127 Å². The average molecular weight is 685 g/mol. The summed E-state index contributed by atoms with van der Waals surface area (Å²) in [7, 11) is 5.43. The van der Waals surface area contributed by atoms with E-state index in [9.17, 15) is 19.5 Å². The Morgan fingerprint density at radius 1 is 1.10 bits per heavy atom. The number of Topliss-reactive ketones (excluding diaryl/α,β-unsaturated/α-hetero) is 1. The number of amides is 1. The minimum absolute atomic E-state index is 0.222. The fourth-order valence-electron chi connectivity index (χ4n) is 7.87. The number of ketones is 1. The smallest absolute Gasteiger partial charge is 0.408 e. The van der Waals surface area contributed by atoms with E-state index in [2.05, 4.69) is 15.5 Å². The summed E-state index contributed by atoms with van der Waals surface area (Å²) in [5, 5.41) is 18.0. The Labute approximate surface area is 285 Å². The van der Waals surface area contributed by atoms with Gasteiger partial charge in [-0.3, -0.25) is 14.5 Å². The van der Waals surface area contributed by atoms with E-state index in [1.54, 1.807) is 21.0 Å². The lowest BCUT2D eigenvalue weighted by Gasteiger charge is -2.47. The van der Waals surface area contributed by atoms with Gasteiger partial charge in [-0.2, -0.15) is 0 Å². The van der Waals surface area contributed by atoms with Crippen LogP contribution < -0.4 is 10.6 Å². The van der Waals surface area contributed by atoms with Gasteiger partial charge in [-0.15, -0.1) is 0 Å². The molecule has 12 atom stereocenters. The largest absolute Gasteiger partial charge is 0.458 e. The number of nitrogens with one attached hydrogen (secondary N) is 2. The maximum Gasteiger partial charge on any atom is 0.408 e. The molecule has 1 amide bonds. The lowest BCUT2D eigenvalue weighted by molar-refractivity contribution is -0.298. The van der Waals surface area contributed by atoms with Crippen LogP contribution in [-0.4, -0.2) is 153 Å². The first-order valence-corrected chi connectivity index (χ1v) is 17.6. The predicted octanol–water partition coefficient (Wildman–Crippen LogP) is 1.32. The Hall–Kier alpha value is -1.91. The van der Waals surface area contributed by atoms with Crippen molar-refractivity contribution in [3.8, 4) is 0 Å². The molecule has 3 N–H and O–H groups in total. The molecule has 0 aromatic carbocycles. The number of cyclic esters (lactones) is 1. The second-order valence-corrected chi connectivity index (χ2v) is 14.7. The Bertz CT molecular complexity index is 1110. The summed E-state index contributed by atoms with van der Waals surface area (Å²) in [6.07, 6.45) is -2.38. The number of ether oxygens (including phenoxy) is 6. The van der Waals surface area contributed by atoms with E-state index in [1.165, 1.54) is 6.92 Å². The zero-order valence-electron chi connectivity index (χ0n) is 30.4. The van der Waals surface area contributed by atoms with Crippen LogP contribution in [0.15, 0.2) is 0 Å². The molecular weight excluding hydrogens is 624 g/mol. The van der Waals surface area contributed by atoms with Crippen molar-refractivity contribution in [3.05, 3.63) is 0 Å². The monoisotopic (exact) mass is 684 g/mol. The van der Waals surface area contributed by atoms with Gasteiger partial charge in [0.25, 0.3) is 0 Å². The van der Waals surface area contributed by atoms with Gasteiger partial charge >= 0.3 is 12.1 Å². The third-order valence-corrected chi connectivity index (χ3v) is 11.1. The molecule has 14 heteroatoms. The molecule has 0 aromatic rings. The zero-order chi connectivity index (χ0) is 35.4. The van der Waals surface area contributed by atoms with Crippen LogP contribution in [0.3, 0.4) is 0 Å². The summed E-state index contributed by atoms with van der Waals surface area (Å²) >= 11 is 0. The third-order valence-electron chi connectivity index (χ3n) is 11.1. The van der Waals surface area contributed by atoms with Crippen molar-refractivity contribution in [2.75, 3.05) is 60.6 Å². The molecule has 14 nitrogen and oxygen atoms in total. The summed E-state index contributed by atoms with van der Waals surface area (Å²) in [6, 6.07) is -0.955. The molecule has 0 spiro atoms. The van der Waals surface area contributed by atoms with E-state index in [-0.39, 0.29) is 24.0 Å². The number of rotatable bonds is 7. The van der Waals surface area contributed by atoms with Crippen molar-refractivity contribution >= 4 is 17.8 Å². The lowest BCUT2D eigenvalue weighted by atomic mass is 9.80. The topological polar surface area (TPSA) is 157 Å². The quantitative estimate of drug-likeness (QED) is 0.261. The first kappa shape index (κ1) is 38.9. The number of aliphatic hydroxyl groups excluding tert-OH is 1. The van der Waals surface area contributed by atoms with Gasteiger partial charge < -0.3 is 49.1 Å². The molecule has 5 unspecified atom stereocenters. The number of carbonyl (C=O) groups excluding carboxylic acids is 3. The van der Waals surface area contributed by atoms with E-state index in [4.69, 9.17) is 28.4 Å². The second-order valence-electron chi connectivity index (χ2n) is 14.7. The van der Waals surface area contributed by atoms with Gasteiger partial charge in [-0.25, -0.2) is 4.79 Å². The average Bonchev–Trinajstić information content (AvgIpc) is 3.38. The highest BCUT2D eigenvalue weighted by Crippen LogP contribution is 2.37. The highest BCUT2D eigenvalue weighted by Gasteiger charge is 2.55. The molecule has 4 aliphatic rings. The Balaban J connectivity index is 1.64. The minimum Gasteiger partial charge on any atom is -0.458 e. The molecule has 0 aliphatic carbocycles. The number of hydrogen-bond acceptors (Lipinski definition) is 13. The number of aliphatic hydroxyl groups is 1. The van der Waals surface area contributed by atoms with Gasteiger partial charge in [0.2, 0.25) is 0 Å². The molecule has 0 saturated carbocycles. The van der Waals surface area contributed by atoms with Crippen molar-refractivity contribution < 1.29 is 47.9 Å². The lowest BCUT2D eigenvalue weighted by Crippen LogP contribution is -2.60. The molecule has 48 heavy (non-hydrogen) atoms. The van der Waals surface area contributed by atoms with E-state index in [1.807, 2.05) is 39.8 Å². The van der Waals surface area contributed by atoms with Crippen LogP contribution >= 0.6 is 0 Å². The van der Waals surface area contributed by atoms with Crippen LogP contribution in [0, 0.1) is 11.8 Å². The SMILES string of the molecule is CC[C@H]1OC(=O)C(C)C(=O)[C@H](C)[C@@H](OC2OC(CN3CCOCC3)CC(N(C)C)C2O)[C@](C)(OC)CCCN[C@H](C)[C@H]2NC(=O)O[C@@]21C. The third kappa shape index (κ3) is 8.51. The second kappa shape index (κ2) is 16.4. The molecule has 4 heterocycles. The van der Waals surface area contributed by atoms with Crippen LogP contribution in [0.2, 0.25) is 0 Å². The molecule has 0 bridgehead atoms. The summed E-state index contributed by atoms with van der Waals surface area (Å²) in [6.45, 7) is 14.9. The molecule has 0 radical (unpaired) electrons. The number of nitrogens with zero attached hydrogens (tertiary/aromatic N) is 2. The summed E-state index contributed by atoms with van der Waals surface area (Å²) < 4.78 is 36.6. The van der Waals surface area contributed by atoms with Gasteiger partial charge in [0.15, 0.2) is 17.7 Å². The normalized spacial score (nSPS) is 42.7. The van der Waals surface area contributed by atoms with E-state index in [0.29, 0.717) is 52.0 Å². The maximum absolute atomic E-state index is 14.2. The van der Waals surface area contributed by atoms with Gasteiger partial charge in [-0.1, -0.05) is 13.8 Å². The highest BCUT2D eigenvalue weighted by molar-refractivity contribution is 6.00. The predicted molar refractivity (Wildman–Crippen MR) is 176 cm³/mol. The molecule has 0 aromatic heterocycles. The Kier molecular flexibility index (Phi) is 13.3. The number of hydrogen-bond donors (Lipinski definition) is 3. The van der Waals surface area contributed by atoms with E-state index < -0.39 is 65.7 Å². The number of carbonyl (C=O) groups is 3. The van der Waals surface area contributed by atoms with Crippen LogP contribution in [0.4, 0.5) is 4.79 Å². The standard InChI is InChI=1S/C34H60N4O10/c1-10-25-34(6)28(36-32(42)48-34)22(4)35-13-11-12-33(5,43-9)29(20(2)26(39)21(3)30(41)46-25)47-31-27(40)24(37(7)8)18-23(45-31)19-38-14-16-44-17-15-38/h20-25,27-29,31,35,40H,10-19H2,1-9H3,(H,36,42)/t20-,21?,22+,23?,24?,25+,27?,28+,29+,31?,33+,34+/m0/s1. The fraction of sp³-hybridized carbons (Fsp3) is 0.912. The molecule has 4 aliphatic heterocycles. The number of fused-ring (bicyclic) bond motifs is 1. The fourth-order valence-corrected chi connectivity index (χ4v) is 7.87. The minimum atomic E-state index is -1.15. The van der Waals surface area contributed by atoms with Gasteiger partial charge in [0.05, 0.1) is 37.1 Å². The highest BCUT2D eigenvalue weighted by atomic mass is 16.7. The van der Waals surface area contributed by atoms with Gasteiger partial charge in [-0.05, 0) is 74.0 Å². The molecule has 4 saturated heterocycles. The molecule has 4 fully saturated rings. The van der Waals surface area contributed by atoms with Crippen molar-refractivity contribution in [3.63, 3.8) is 0 Å². The van der Waals surface area contributed by atoms with Gasteiger partial charge in [0.1, 0.15) is 18.1 Å². The van der Waals surface area contributed by atoms with Crippen molar-refractivity contribution in [1.29, 1.82) is 0 Å². The number of likely N-dealkylation sites (N-methyl/N-ethyl adjacent to an activating group) is 1. The molecule has 4 rings (SSSR count). The number of alkyl carbamates (subject to hydrolysis) is 1. The molecular formula is C34H60N4O10. The van der Waals surface area contributed by atoms with Crippen LogP contribution in [0.25, 0.3) is 0 Å². The Morgan fingerprint density at radius 2 is 1.79 bits per heavy atom. The molecule has 276 valence electrons. The number of methoxy groups -OCH3 is 1. The van der Waals surface area contributed by atoms with E-state index >= 15 is 0 Å². The number of morpholine rings is 1. The van der Waals surface area contributed by atoms with E-state index in [0.717, 1.165) is 13.1 Å². The first-order valence-electron chi connectivity index (χ1n) is 17.6. The summed E-state index contributed by atoms with van der Waals surface area (Å²) in [4.78, 5) is 44.5. The van der Waals surface area contributed by atoms with Crippen LogP contribution in [0.1, 0.15) is 67.2 Å². The van der Waals surface area contributed by atoms with Crippen molar-refractivity contribution in [1.82, 2.24) is 20.4 Å². The maximum atomic E-state index is 14.2. The van der Waals surface area contributed by atoms with Crippen LogP contribution in [-0.2, 0) is 38.0 Å². The zero-order valence-corrected chi connectivity index (χ0v) is 30.4. The summed E-state index contributed by atoms with van der Waals surface area (Å²) in [5.41, 5.74) is -2.15. The van der Waals surface area contributed by atoms with Crippen LogP contribution in [0.5, 0.6) is 0 Å². The van der Waals surface area contributed by atoms with Crippen molar-refractivity contribution in [2.24, 2.45) is 11.8 Å². The summed E-state index contributed by atoms with van der Waals surface area (Å²) in [5.74, 6) is -3.07. The number of esters is 1. The Morgan fingerprint density at radius 3 is 2.42 bits per heavy atom. The first-order chi connectivity index (χ1) is 22.6.